The highest BCUT2D eigenvalue weighted by Gasteiger charge is 2.25. The maximum atomic E-state index is 5.82. The predicted octanol–water partition coefficient (Wildman–Crippen LogP) is 5.67. The van der Waals surface area contributed by atoms with E-state index in [1.54, 1.807) is 0 Å². The van der Waals surface area contributed by atoms with Crippen molar-refractivity contribution in [3.8, 4) is 0 Å². The van der Waals surface area contributed by atoms with E-state index in [2.05, 4.69) is 13.8 Å². The van der Waals surface area contributed by atoms with Crippen LogP contribution in [0.4, 0.5) is 0 Å². The van der Waals surface area contributed by atoms with Crippen LogP contribution in [0.5, 0.6) is 0 Å². The first-order valence-corrected chi connectivity index (χ1v) is 8.90. The Morgan fingerprint density at radius 1 is 0.895 bits per heavy atom. The minimum Gasteiger partial charge on any atom is -0.330 e. The van der Waals surface area contributed by atoms with Crippen molar-refractivity contribution in [1.29, 1.82) is 0 Å². The fraction of sp³-hybridized carbons (Fsp3) is 1.00. The van der Waals surface area contributed by atoms with Gasteiger partial charge < -0.3 is 5.73 Å². The van der Waals surface area contributed by atoms with E-state index < -0.39 is 0 Å². The smallest absolute Gasteiger partial charge is 0.00721 e. The Kier molecular flexibility index (Phi) is 8.77. The lowest BCUT2D eigenvalue weighted by atomic mass is 9.74. The van der Waals surface area contributed by atoms with Gasteiger partial charge in [-0.2, -0.15) is 0 Å². The molecule has 1 aliphatic rings. The molecular formula is C18H37N. The standard InChI is InChI=1S/C18H37N/c1-3-18(2,14-15-19)16-17-12-10-8-6-4-5-7-9-11-13-17/h17H,3-16,19H2,1-2H3. The van der Waals surface area contributed by atoms with Crippen LogP contribution in [-0.4, -0.2) is 6.54 Å². The minimum absolute atomic E-state index is 0.500. The van der Waals surface area contributed by atoms with Gasteiger partial charge in [0.1, 0.15) is 0 Å². The van der Waals surface area contributed by atoms with E-state index in [1.807, 2.05) is 0 Å². The van der Waals surface area contributed by atoms with Gasteiger partial charge in [-0.1, -0.05) is 84.5 Å². The quantitative estimate of drug-likeness (QED) is 0.682. The summed E-state index contributed by atoms with van der Waals surface area (Å²) in [6.07, 6.45) is 18.6. The average molecular weight is 268 g/mol. The lowest BCUT2D eigenvalue weighted by Gasteiger charge is -2.32. The molecule has 0 aromatic rings. The molecular weight excluding hydrogens is 230 g/mol. The second-order valence-electron chi connectivity index (χ2n) is 7.18. The molecule has 19 heavy (non-hydrogen) atoms. The summed E-state index contributed by atoms with van der Waals surface area (Å²) in [4.78, 5) is 0. The highest BCUT2D eigenvalue weighted by atomic mass is 14.5. The van der Waals surface area contributed by atoms with Crippen molar-refractivity contribution in [3.63, 3.8) is 0 Å². The molecule has 0 saturated heterocycles. The van der Waals surface area contributed by atoms with Gasteiger partial charge in [0.05, 0.1) is 0 Å². The van der Waals surface area contributed by atoms with E-state index in [9.17, 15) is 0 Å². The van der Waals surface area contributed by atoms with Crippen LogP contribution in [0.1, 0.15) is 97.3 Å². The van der Waals surface area contributed by atoms with Gasteiger partial charge in [0.25, 0.3) is 0 Å². The molecule has 0 aliphatic heterocycles. The SMILES string of the molecule is CCC(C)(CCN)CC1CCCCCCCCCC1. The highest BCUT2D eigenvalue weighted by Crippen LogP contribution is 2.37. The Morgan fingerprint density at radius 2 is 1.37 bits per heavy atom. The Morgan fingerprint density at radius 3 is 1.79 bits per heavy atom. The molecule has 114 valence electrons. The van der Waals surface area contributed by atoms with E-state index in [0.717, 1.165) is 12.5 Å². The molecule has 0 radical (unpaired) electrons. The fourth-order valence-corrected chi connectivity index (χ4v) is 3.74. The topological polar surface area (TPSA) is 26.0 Å². The summed E-state index contributed by atoms with van der Waals surface area (Å²) >= 11 is 0. The summed E-state index contributed by atoms with van der Waals surface area (Å²) in [6, 6.07) is 0. The van der Waals surface area contributed by atoms with Crippen molar-refractivity contribution in [2.45, 2.75) is 97.3 Å². The molecule has 0 heterocycles. The summed E-state index contributed by atoms with van der Waals surface area (Å²) < 4.78 is 0. The van der Waals surface area contributed by atoms with Crippen molar-refractivity contribution in [3.05, 3.63) is 0 Å². The van der Waals surface area contributed by atoms with Gasteiger partial charge in [-0.05, 0) is 30.7 Å². The number of hydrogen-bond acceptors (Lipinski definition) is 1. The minimum atomic E-state index is 0.500. The van der Waals surface area contributed by atoms with Crippen LogP contribution in [0.15, 0.2) is 0 Å². The lowest BCUT2D eigenvalue weighted by molar-refractivity contribution is 0.197. The largest absolute Gasteiger partial charge is 0.330 e. The van der Waals surface area contributed by atoms with E-state index >= 15 is 0 Å². The van der Waals surface area contributed by atoms with Crippen LogP contribution < -0.4 is 5.73 Å². The van der Waals surface area contributed by atoms with Crippen molar-refractivity contribution in [1.82, 2.24) is 0 Å². The van der Waals surface area contributed by atoms with Crippen molar-refractivity contribution >= 4 is 0 Å². The molecule has 1 atom stereocenters. The van der Waals surface area contributed by atoms with E-state index in [0.29, 0.717) is 5.41 Å². The fourth-order valence-electron chi connectivity index (χ4n) is 3.74. The maximum absolute atomic E-state index is 5.82. The zero-order valence-corrected chi connectivity index (χ0v) is 13.6. The van der Waals surface area contributed by atoms with Crippen molar-refractivity contribution in [2.24, 2.45) is 17.1 Å². The Balaban J connectivity index is 2.45. The van der Waals surface area contributed by atoms with Crippen LogP contribution in [0, 0.1) is 11.3 Å². The molecule has 0 aromatic heterocycles. The molecule has 1 rings (SSSR count). The average Bonchev–Trinajstić information content (AvgIpc) is 2.45. The number of rotatable bonds is 5. The highest BCUT2D eigenvalue weighted by molar-refractivity contribution is 4.77. The van der Waals surface area contributed by atoms with Gasteiger partial charge in [0, 0.05) is 0 Å². The normalized spacial score (nSPS) is 23.5. The van der Waals surface area contributed by atoms with E-state index in [4.69, 9.17) is 5.73 Å². The third kappa shape index (κ3) is 7.34. The molecule has 0 spiro atoms. The van der Waals surface area contributed by atoms with Gasteiger partial charge in [-0.15, -0.1) is 0 Å². The predicted molar refractivity (Wildman–Crippen MR) is 86.3 cm³/mol. The third-order valence-corrected chi connectivity index (χ3v) is 5.36. The van der Waals surface area contributed by atoms with Gasteiger partial charge in [0.15, 0.2) is 0 Å². The maximum Gasteiger partial charge on any atom is -0.00721 e. The summed E-state index contributed by atoms with van der Waals surface area (Å²) in [7, 11) is 0. The monoisotopic (exact) mass is 267 g/mol. The first-order chi connectivity index (χ1) is 9.20. The van der Waals surface area contributed by atoms with Gasteiger partial charge in [0.2, 0.25) is 0 Å². The zero-order chi connectivity index (χ0) is 14.0. The Labute approximate surface area is 121 Å². The van der Waals surface area contributed by atoms with Crippen LogP contribution in [0.2, 0.25) is 0 Å². The van der Waals surface area contributed by atoms with Crippen molar-refractivity contribution < 1.29 is 0 Å². The molecule has 2 N–H and O–H groups in total. The van der Waals surface area contributed by atoms with Gasteiger partial charge in [-0.25, -0.2) is 0 Å². The molecule has 0 bridgehead atoms. The first kappa shape index (κ1) is 17.0. The Hall–Kier alpha value is -0.0400. The second-order valence-corrected chi connectivity index (χ2v) is 7.18. The van der Waals surface area contributed by atoms with Crippen LogP contribution >= 0.6 is 0 Å². The number of hydrogen-bond donors (Lipinski definition) is 1. The molecule has 1 heteroatoms. The Bertz CT molecular complexity index is 202. The summed E-state index contributed by atoms with van der Waals surface area (Å²) in [5.74, 6) is 0.967. The van der Waals surface area contributed by atoms with Gasteiger partial charge >= 0.3 is 0 Å². The second kappa shape index (κ2) is 9.80. The molecule has 1 saturated carbocycles. The van der Waals surface area contributed by atoms with E-state index in [1.165, 1.54) is 83.5 Å². The van der Waals surface area contributed by atoms with Crippen molar-refractivity contribution in [2.75, 3.05) is 6.54 Å². The zero-order valence-electron chi connectivity index (χ0n) is 13.6. The summed E-state index contributed by atoms with van der Waals surface area (Å²) in [5, 5.41) is 0. The lowest BCUT2D eigenvalue weighted by Crippen LogP contribution is -2.23. The van der Waals surface area contributed by atoms with E-state index in [-0.39, 0.29) is 0 Å². The summed E-state index contributed by atoms with van der Waals surface area (Å²) in [6.45, 7) is 5.67. The third-order valence-electron chi connectivity index (χ3n) is 5.36. The molecule has 1 nitrogen and oxygen atoms in total. The molecule has 0 aromatic carbocycles. The number of nitrogens with two attached hydrogens (primary N) is 1. The van der Waals surface area contributed by atoms with Crippen LogP contribution in [0.3, 0.4) is 0 Å². The first-order valence-electron chi connectivity index (χ1n) is 8.90. The van der Waals surface area contributed by atoms with Gasteiger partial charge in [-0.3, -0.25) is 0 Å². The molecule has 0 amide bonds. The van der Waals surface area contributed by atoms with Crippen LogP contribution in [0.25, 0.3) is 0 Å². The summed E-state index contributed by atoms with van der Waals surface area (Å²) in [5.41, 5.74) is 6.32. The molecule has 1 fully saturated rings. The van der Waals surface area contributed by atoms with Crippen LogP contribution in [-0.2, 0) is 0 Å². The molecule has 1 unspecified atom stereocenters. The molecule has 1 aliphatic carbocycles.